The predicted molar refractivity (Wildman–Crippen MR) is 50.3 cm³/mol. The first-order valence-electron chi connectivity index (χ1n) is 5.19. The van der Waals surface area contributed by atoms with Gasteiger partial charge < -0.3 is 15.6 Å². The van der Waals surface area contributed by atoms with E-state index >= 15 is 0 Å². The molecule has 2 rings (SSSR count). The molecule has 2 unspecified atom stereocenters. The van der Waals surface area contributed by atoms with E-state index in [0.29, 0.717) is 25.7 Å². The Kier molecular flexibility index (Phi) is 2.13. The van der Waals surface area contributed by atoms with Gasteiger partial charge in [-0.1, -0.05) is 6.92 Å². The van der Waals surface area contributed by atoms with Crippen LogP contribution in [-0.4, -0.2) is 30.5 Å². The fraction of sp³-hybridized carbons (Fsp3) is 1.00. The summed E-state index contributed by atoms with van der Waals surface area (Å²) >= 11 is 0. The largest absolute Gasteiger partial charge is 0.386 e. The summed E-state index contributed by atoms with van der Waals surface area (Å²) in [6, 6.07) is 0. The minimum atomic E-state index is -0.628. The molecular formula is C10H19NO2. The van der Waals surface area contributed by atoms with Gasteiger partial charge in [-0.25, -0.2) is 0 Å². The van der Waals surface area contributed by atoms with E-state index in [-0.39, 0.29) is 5.41 Å². The predicted octanol–water partition coefficient (Wildman–Crippen LogP) is 0.513. The smallest absolute Gasteiger partial charge is 0.0997 e. The summed E-state index contributed by atoms with van der Waals surface area (Å²) in [6.07, 6.45) is 3.12. The molecule has 0 radical (unpaired) electrons. The average molecular weight is 185 g/mol. The first-order valence-corrected chi connectivity index (χ1v) is 5.19. The van der Waals surface area contributed by atoms with E-state index in [1.807, 2.05) is 0 Å². The van der Waals surface area contributed by atoms with Crippen molar-refractivity contribution in [3.8, 4) is 0 Å². The number of aliphatic hydroxyl groups is 1. The number of ether oxygens (including phenoxy) is 1. The van der Waals surface area contributed by atoms with Gasteiger partial charge >= 0.3 is 0 Å². The number of nitrogens with two attached hydrogens (primary N) is 1. The zero-order valence-electron chi connectivity index (χ0n) is 8.25. The van der Waals surface area contributed by atoms with Crippen LogP contribution < -0.4 is 5.73 Å². The van der Waals surface area contributed by atoms with Gasteiger partial charge in [-0.05, 0) is 19.3 Å². The Hall–Kier alpha value is -0.120. The van der Waals surface area contributed by atoms with E-state index in [4.69, 9.17) is 10.5 Å². The fourth-order valence-electron chi connectivity index (χ4n) is 2.62. The number of hydrogen-bond acceptors (Lipinski definition) is 3. The summed E-state index contributed by atoms with van der Waals surface area (Å²) < 4.78 is 5.39. The molecule has 1 aliphatic carbocycles. The minimum absolute atomic E-state index is 0.00975. The summed E-state index contributed by atoms with van der Waals surface area (Å²) in [4.78, 5) is 0. The summed E-state index contributed by atoms with van der Waals surface area (Å²) in [6.45, 7) is 3.90. The highest BCUT2D eigenvalue weighted by Gasteiger charge is 2.62. The Morgan fingerprint density at radius 1 is 1.54 bits per heavy atom. The SMILES string of the molecule is CCC1COCC1(O)C1(CN)CC1. The lowest BCUT2D eigenvalue weighted by molar-refractivity contribution is -0.0620. The minimum Gasteiger partial charge on any atom is -0.386 e. The quantitative estimate of drug-likeness (QED) is 0.673. The zero-order valence-corrected chi connectivity index (χ0v) is 8.25. The van der Waals surface area contributed by atoms with Crippen LogP contribution in [0.15, 0.2) is 0 Å². The van der Waals surface area contributed by atoms with Crippen LogP contribution in [0.4, 0.5) is 0 Å². The van der Waals surface area contributed by atoms with Gasteiger partial charge in [-0.15, -0.1) is 0 Å². The molecule has 2 fully saturated rings. The second-order valence-corrected chi connectivity index (χ2v) is 4.53. The number of rotatable bonds is 3. The number of hydrogen-bond donors (Lipinski definition) is 2. The van der Waals surface area contributed by atoms with Crippen LogP contribution in [0.2, 0.25) is 0 Å². The van der Waals surface area contributed by atoms with Crippen molar-refractivity contribution in [3.63, 3.8) is 0 Å². The van der Waals surface area contributed by atoms with E-state index in [9.17, 15) is 5.11 Å². The molecule has 1 heterocycles. The molecule has 1 aliphatic heterocycles. The Morgan fingerprint density at radius 2 is 2.23 bits per heavy atom. The highest BCUT2D eigenvalue weighted by atomic mass is 16.5. The lowest BCUT2D eigenvalue weighted by atomic mass is 9.75. The summed E-state index contributed by atoms with van der Waals surface area (Å²) in [5, 5.41) is 10.5. The van der Waals surface area contributed by atoms with Gasteiger partial charge in [0.2, 0.25) is 0 Å². The van der Waals surface area contributed by atoms with Crippen molar-refractivity contribution in [2.24, 2.45) is 17.1 Å². The van der Waals surface area contributed by atoms with Crippen molar-refractivity contribution in [2.45, 2.75) is 31.8 Å². The molecule has 2 aliphatic rings. The molecule has 0 aromatic carbocycles. The Morgan fingerprint density at radius 3 is 2.69 bits per heavy atom. The van der Waals surface area contributed by atoms with Gasteiger partial charge in [-0.2, -0.15) is 0 Å². The van der Waals surface area contributed by atoms with Gasteiger partial charge in [0.25, 0.3) is 0 Å². The molecule has 1 saturated carbocycles. The molecule has 3 N–H and O–H groups in total. The second kappa shape index (κ2) is 2.94. The monoisotopic (exact) mass is 185 g/mol. The molecule has 3 heteroatoms. The molecule has 0 spiro atoms. The molecule has 0 bridgehead atoms. The molecular weight excluding hydrogens is 166 g/mol. The van der Waals surface area contributed by atoms with Gasteiger partial charge in [0.15, 0.2) is 0 Å². The fourth-order valence-corrected chi connectivity index (χ4v) is 2.62. The maximum Gasteiger partial charge on any atom is 0.0997 e. The topological polar surface area (TPSA) is 55.5 Å². The van der Waals surface area contributed by atoms with Crippen LogP contribution in [-0.2, 0) is 4.74 Å². The first-order chi connectivity index (χ1) is 6.18. The average Bonchev–Trinajstić information content (AvgIpc) is 2.86. The third kappa shape index (κ3) is 1.14. The van der Waals surface area contributed by atoms with E-state index in [0.717, 1.165) is 19.3 Å². The summed E-state index contributed by atoms with van der Waals surface area (Å²) in [5.74, 6) is 0.290. The first kappa shape index (κ1) is 9.44. The second-order valence-electron chi connectivity index (χ2n) is 4.53. The highest BCUT2D eigenvalue weighted by Crippen LogP contribution is 2.58. The molecule has 2 atom stereocenters. The van der Waals surface area contributed by atoms with Crippen LogP contribution >= 0.6 is 0 Å². The molecule has 0 amide bonds. The third-order valence-corrected chi connectivity index (χ3v) is 3.97. The van der Waals surface area contributed by atoms with Crippen molar-refractivity contribution >= 4 is 0 Å². The maximum absolute atomic E-state index is 10.5. The molecule has 1 saturated heterocycles. The lowest BCUT2D eigenvalue weighted by Gasteiger charge is -2.35. The van der Waals surface area contributed by atoms with Crippen molar-refractivity contribution in [3.05, 3.63) is 0 Å². The normalized spacial score (nSPS) is 42.2. The van der Waals surface area contributed by atoms with Crippen LogP contribution in [0.3, 0.4) is 0 Å². The summed E-state index contributed by atoms with van der Waals surface area (Å²) in [7, 11) is 0. The van der Waals surface area contributed by atoms with Crippen LogP contribution in [0, 0.1) is 11.3 Å². The highest BCUT2D eigenvalue weighted by molar-refractivity contribution is 5.13. The molecule has 0 aromatic rings. The van der Waals surface area contributed by atoms with E-state index in [2.05, 4.69) is 6.92 Å². The van der Waals surface area contributed by atoms with Crippen LogP contribution in [0.25, 0.3) is 0 Å². The third-order valence-electron chi connectivity index (χ3n) is 3.97. The van der Waals surface area contributed by atoms with Crippen molar-refractivity contribution < 1.29 is 9.84 Å². The van der Waals surface area contributed by atoms with Crippen LogP contribution in [0.1, 0.15) is 26.2 Å². The Bertz CT molecular complexity index is 203. The Labute approximate surface area is 79.3 Å². The van der Waals surface area contributed by atoms with Gasteiger partial charge in [0, 0.05) is 17.9 Å². The molecule has 13 heavy (non-hydrogen) atoms. The summed E-state index contributed by atoms with van der Waals surface area (Å²) in [5.41, 5.74) is 5.10. The van der Waals surface area contributed by atoms with Crippen molar-refractivity contribution in [2.75, 3.05) is 19.8 Å². The molecule has 76 valence electrons. The zero-order chi connectivity index (χ0) is 9.53. The van der Waals surface area contributed by atoms with Gasteiger partial charge in [0.05, 0.1) is 18.8 Å². The van der Waals surface area contributed by atoms with Crippen LogP contribution in [0.5, 0.6) is 0 Å². The van der Waals surface area contributed by atoms with E-state index in [1.165, 1.54) is 0 Å². The van der Waals surface area contributed by atoms with Crippen molar-refractivity contribution in [1.29, 1.82) is 0 Å². The van der Waals surface area contributed by atoms with Crippen molar-refractivity contribution in [1.82, 2.24) is 0 Å². The maximum atomic E-state index is 10.5. The Balaban J connectivity index is 2.18. The standard InChI is InChI=1S/C10H19NO2/c1-2-8-5-13-7-10(8,12)9(6-11)3-4-9/h8,12H,2-7,11H2,1H3. The lowest BCUT2D eigenvalue weighted by Crippen LogP contribution is -2.49. The molecule has 0 aromatic heterocycles. The van der Waals surface area contributed by atoms with Gasteiger partial charge in [-0.3, -0.25) is 0 Å². The van der Waals surface area contributed by atoms with Gasteiger partial charge in [0.1, 0.15) is 0 Å². The van der Waals surface area contributed by atoms with E-state index < -0.39 is 5.60 Å². The molecule has 3 nitrogen and oxygen atoms in total. The van der Waals surface area contributed by atoms with E-state index in [1.54, 1.807) is 0 Å².